The lowest BCUT2D eigenvalue weighted by atomic mass is 10.1. The molecule has 0 fully saturated rings. The van der Waals surface area contributed by atoms with E-state index in [0.717, 1.165) is 6.42 Å². The summed E-state index contributed by atoms with van der Waals surface area (Å²) in [6.07, 6.45) is 0.934. The summed E-state index contributed by atoms with van der Waals surface area (Å²) in [6, 6.07) is 11.8. The summed E-state index contributed by atoms with van der Waals surface area (Å²) in [4.78, 5) is 22.9. The molecule has 0 atom stereocenters. The van der Waals surface area contributed by atoms with Gasteiger partial charge >= 0.3 is 5.97 Å². The third-order valence-corrected chi connectivity index (χ3v) is 3.42. The highest BCUT2D eigenvalue weighted by Crippen LogP contribution is 2.28. The van der Waals surface area contributed by atoms with Gasteiger partial charge in [-0.25, -0.2) is 4.79 Å². The Hall–Kier alpha value is -3.02. The van der Waals surface area contributed by atoms with Crippen LogP contribution in [0.3, 0.4) is 0 Å². The first-order valence-corrected chi connectivity index (χ1v) is 7.46. The summed E-state index contributed by atoms with van der Waals surface area (Å²) in [5, 5.41) is 11.7. The lowest BCUT2D eigenvalue weighted by molar-refractivity contribution is -0.118. The van der Waals surface area contributed by atoms with Gasteiger partial charge in [0.1, 0.15) is 0 Å². The molecule has 0 unspecified atom stereocenters. The third kappa shape index (κ3) is 4.49. The number of hydrogen-bond acceptors (Lipinski definition) is 4. The van der Waals surface area contributed by atoms with Crippen molar-refractivity contribution in [3.8, 4) is 11.5 Å². The van der Waals surface area contributed by atoms with Crippen LogP contribution in [0.15, 0.2) is 42.5 Å². The fourth-order valence-electron chi connectivity index (χ4n) is 2.08. The molecule has 0 bridgehead atoms. The highest BCUT2D eigenvalue weighted by molar-refractivity contribution is 5.92. The first-order valence-electron chi connectivity index (χ1n) is 7.46. The van der Waals surface area contributed by atoms with E-state index in [1.54, 1.807) is 0 Å². The van der Waals surface area contributed by atoms with E-state index in [9.17, 15) is 9.59 Å². The van der Waals surface area contributed by atoms with Crippen molar-refractivity contribution in [1.82, 2.24) is 0 Å². The maximum Gasteiger partial charge on any atom is 0.335 e. The smallest absolute Gasteiger partial charge is 0.335 e. The van der Waals surface area contributed by atoms with E-state index in [4.69, 9.17) is 14.6 Å². The van der Waals surface area contributed by atoms with Crippen molar-refractivity contribution in [1.29, 1.82) is 0 Å². The molecule has 0 saturated heterocycles. The summed E-state index contributed by atoms with van der Waals surface area (Å²) in [7, 11) is 1.41. The van der Waals surface area contributed by atoms with Gasteiger partial charge in [0.25, 0.3) is 5.91 Å². The van der Waals surface area contributed by atoms with E-state index >= 15 is 0 Å². The molecule has 0 saturated carbocycles. The zero-order valence-corrected chi connectivity index (χ0v) is 13.5. The van der Waals surface area contributed by atoms with E-state index in [-0.39, 0.29) is 23.8 Å². The Morgan fingerprint density at radius 3 is 2.38 bits per heavy atom. The number of carboxylic acid groups (broad SMARTS) is 1. The standard InChI is InChI=1S/C18H19NO5/c1-3-12-4-7-14(8-5-12)19-17(20)11-24-15-9-6-13(18(21)22)10-16(15)23-2/h4-10H,3,11H2,1-2H3,(H,19,20)(H,21,22). The molecule has 2 N–H and O–H groups in total. The number of methoxy groups -OCH3 is 1. The van der Waals surface area contributed by atoms with Gasteiger partial charge in [0.2, 0.25) is 0 Å². The van der Waals surface area contributed by atoms with E-state index in [1.165, 1.54) is 30.9 Å². The lowest BCUT2D eigenvalue weighted by Crippen LogP contribution is -2.20. The topological polar surface area (TPSA) is 84.9 Å². The molecule has 24 heavy (non-hydrogen) atoms. The largest absolute Gasteiger partial charge is 0.493 e. The van der Waals surface area contributed by atoms with Crippen LogP contribution in [-0.2, 0) is 11.2 Å². The average Bonchev–Trinajstić information content (AvgIpc) is 2.60. The number of anilines is 1. The predicted octanol–water partition coefficient (Wildman–Crippen LogP) is 2.97. The Kier molecular flexibility index (Phi) is 5.78. The summed E-state index contributed by atoms with van der Waals surface area (Å²) in [6.45, 7) is 1.85. The first-order chi connectivity index (χ1) is 11.5. The normalized spacial score (nSPS) is 10.1. The van der Waals surface area contributed by atoms with Crippen LogP contribution in [0.5, 0.6) is 11.5 Å². The van der Waals surface area contributed by atoms with E-state index < -0.39 is 5.97 Å². The minimum atomic E-state index is -1.06. The minimum Gasteiger partial charge on any atom is -0.493 e. The van der Waals surface area contributed by atoms with Crippen molar-refractivity contribution in [2.45, 2.75) is 13.3 Å². The van der Waals surface area contributed by atoms with Gasteiger partial charge in [0, 0.05) is 5.69 Å². The van der Waals surface area contributed by atoms with E-state index in [0.29, 0.717) is 11.4 Å². The molecule has 6 heteroatoms. The fourth-order valence-corrected chi connectivity index (χ4v) is 2.08. The number of carbonyl (C=O) groups excluding carboxylic acids is 1. The molecule has 1 amide bonds. The number of nitrogens with one attached hydrogen (secondary N) is 1. The average molecular weight is 329 g/mol. The number of benzene rings is 2. The van der Waals surface area contributed by atoms with Crippen LogP contribution >= 0.6 is 0 Å². The van der Waals surface area contributed by atoms with Crippen molar-refractivity contribution in [3.63, 3.8) is 0 Å². The Morgan fingerprint density at radius 1 is 1.08 bits per heavy atom. The molecule has 6 nitrogen and oxygen atoms in total. The Bertz CT molecular complexity index is 725. The van der Waals surface area contributed by atoms with Gasteiger partial charge in [-0.1, -0.05) is 19.1 Å². The maximum absolute atomic E-state index is 11.9. The number of aryl methyl sites for hydroxylation is 1. The third-order valence-electron chi connectivity index (χ3n) is 3.42. The molecular formula is C18H19NO5. The van der Waals surface area contributed by atoms with Gasteiger partial charge in [0.15, 0.2) is 18.1 Å². The van der Waals surface area contributed by atoms with Crippen molar-refractivity contribution < 1.29 is 24.2 Å². The van der Waals surface area contributed by atoms with Crippen molar-refractivity contribution in [3.05, 3.63) is 53.6 Å². The minimum absolute atomic E-state index is 0.0830. The highest BCUT2D eigenvalue weighted by Gasteiger charge is 2.11. The number of carboxylic acids is 1. The van der Waals surface area contributed by atoms with Crippen LogP contribution in [0, 0.1) is 0 Å². The zero-order valence-electron chi connectivity index (χ0n) is 13.5. The molecule has 0 aliphatic heterocycles. The number of aromatic carboxylic acids is 1. The fraction of sp³-hybridized carbons (Fsp3) is 0.222. The van der Waals surface area contributed by atoms with Gasteiger partial charge in [-0.2, -0.15) is 0 Å². The lowest BCUT2D eigenvalue weighted by Gasteiger charge is -2.11. The molecule has 0 spiro atoms. The molecule has 0 heterocycles. The zero-order chi connectivity index (χ0) is 17.5. The van der Waals surface area contributed by atoms with Gasteiger partial charge in [-0.3, -0.25) is 4.79 Å². The number of carbonyl (C=O) groups is 2. The molecule has 0 radical (unpaired) electrons. The van der Waals surface area contributed by atoms with Crippen LogP contribution < -0.4 is 14.8 Å². The monoisotopic (exact) mass is 329 g/mol. The summed E-state index contributed by atoms with van der Waals surface area (Å²) in [5.74, 6) is -0.814. The van der Waals surface area contributed by atoms with Crippen LogP contribution in [0.1, 0.15) is 22.8 Å². The van der Waals surface area contributed by atoms with E-state index in [1.807, 2.05) is 24.3 Å². The Labute approximate surface area is 140 Å². The first kappa shape index (κ1) is 17.3. The van der Waals surface area contributed by atoms with Gasteiger partial charge < -0.3 is 19.9 Å². The Morgan fingerprint density at radius 2 is 1.79 bits per heavy atom. The number of rotatable bonds is 7. The van der Waals surface area contributed by atoms with Crippen LogP contribution in [0.4, 0.5) is 5.69 Å². The maximum atomic E-state index is 11.9. The summed E-state index contributed by atoms with van der Waals surface area (Å²) >= 11 is 0. The second-order valence-electron chi connectivity index (χ2n) is 5.06. The Balaban J connectivity index is 1.96. The molecule has 2 aromatic rings. The molecule has 2 aromatic carbocycles. The molecular weight excluding hydrogens is 310 g/mol. The molecule has 0 aromatic heterocycles. The predicted molar refractivity (Wildman–Crippen MR) is 89.9 cm³/mol. The number of ether oxygens (including phenoxy) is 2. The second-order valence-corrected chi connectivity index (χ2v) is 5.06. The van der Waals surface area contributed by atoms with Gasteiger partial charge in [0.05, 0.1) is 12.7 Å². The van der Waals surface area contributed by atoms with Crippen molar-refractivity contribution in [2.24, 2.45) is 0 Å². The van der Waals surface area contributed by atoms with Crippen molar-refractivity contribution in [2.75, 3.05) is 19.0 Å². The van der Waals surface area contributed by atoms with Crippen LogP contribution in [0.25, 0.3) is 0 Å². The van der Waals surface area contributed by atoms with Crippen molar-refractivity contribution >= 4 is 17.6 Å². The summed E-state index contributed by atoms with van der Waals surface area (Å²) in [5.41, 5.74) is 1.96. The van der Waals surface area contributed by atoms with Crippen LogP contribution in [0.2, 0.25) is 0 Å². The number of hydrogen-bond donors (Lipinski definition) is 2. The molecule has 2 rings (SSSR count). The molecule has 0 aliphatic rings. The number of amides is 1. The highest BCUT2D eigenvalue weighted by atomic mass is 16.5. The quantitative estimate of drug-likeness (QED) is 0.816. The summed E-state index contributed by atoms with van der Waals surface area (Å²) < 4.78 is 10.5. The molecule has 0 aliphatic carbocycles. The second kappa shape index (κ2) is 8.01. The molecule has 126 valence electrons. The SMILES string of the molecule is CCc1ccc(NC(=O)COc2ccc(C(=O)O)cc2OC)cc1. The van der Waals surface area contributed by atoms with Gasteiger partial charge in [-0.05, 0) is 42.3 Å². The van der Waals surface area contributed by atoms with Crippen LogP contribution in [-0.4, -0.2) is 30.7 Å². The van der Waals surface area contributed by atoms with Gasteiger partial charge in [-0.15, -0.1) is 0 Å². The van der Waals surface area contributed by atoms with E-state index in [2.05, 4.69) is 12.2 Å².